The number of ether oxygens (including phenoxy) is 1. The minimum absolute atomic E-state index is 0.301. The van der Waals surface area contributed by atoms with Gasteiger partial charge in [-0.1, -0.05) is 13.8 Å². The number of carbonyl (C=O) groups excluding carboxylic acids is 1. The number of rotatable bonds is 4. The normalized spacial score (nSPS) is 15.2. The first-order chi connectivity index (χ1) is 8.94. The first kappa shape index (κ1) is 17.0. The van der Waals surface area contributed by atoms with Crippen molar-refractivity contribution in [2.45, 2.75) is 59.2 Å². The van der Waals surface area contributed by atoms with Gasteiger partial charge in [0.05, 0.1) is 21.7 Å². The fraction of sp³-hybridized carbons (Fsp3) is 0.667. The molecule has 1 atom stereocenters. The summed E-state index contributed by atoms with van der Waals surface area (Å²) < 4.78 is 5.38. The number of thiophene rings is 1. The number of aliphatic hydroxyl groups is 1. The molecule has 1 aromatic heterocycles. The number of hydrogen-bond acceptors (Lipinski definition) is 5. The van der Waals surface area contributed by atoms with Crippen molar-refractivity contribution in [2.75, 3.05) is 5.73 Å². The first-order valence-corrected chi connectivity index (χ1v) is 7.65. The lowest BCUT2D eigenvalue weighted by molar-refractivity contribution is 0.00426. The number of carbonyl (C=O) groups is 1. The zero-order valence-electron chi connectivity index (χ0n) is 13.1. The average Bonchev–Trinajstić information content (AvgIpc) is 2.55. The van der Waals surface area contributed by atoms with Crippen molar-refractivity contribution in [3.63, 3.8) is 0 Å². The van der Waals surface area contributed by atoms with Crippen LogP contribution in [0.1, 0.15) is 63.2 Å². The van der Waals surface area contributed by atoms with E-state index >= 15 is 0 Å². The van der Waals surface area contributed by atoms with Crippen LogP contribution < -0.4 is 5.73 Å². The van der Waals surface area contributed by atoms with Crippen LogP contribution in [0.4, 0.5) is 5.69 Å². The summed E-state index contributed by atoms with van der Waals surface area (Å²) in [6.45, 7) is 11.2. The number of hydrogen-bond donors (Lipinski definition) is 2. The third-order valence-electron chi connectivity index (χ3n) is 2.72. The van der Waals surface area contributed by atoms with Gasteiger partial charge in [0.15, 0.2) is 0 Å². The molecule has 0 aliphatic heterocycles. The summed E-state index contributed by atoms with van der Waals surface area (Å²) in [5, 5.41) is 12.3. The Bertz CT molecular complexity index is 484. The predicted octanol–water partition coefficient (Wildman–Crippen LogP) is 3.54. The molecule has 0 aliphatic rings. The van der Waals surface area contributed by atoms with Gasteiger partial charge in [-0.2, -0.15) is 0 Å². The van der Waals surface area contributed by atoms with Crippen LogP contribution >= 0.6 is 11.3 Å². The molecular formula is C15H25NO3S. The molecule has 114 valence electrons. The Morgan fingerprint density at radius 3 is 2.40 bits per heavy atom. The lowest BCUT2D eigenvalue weighted by atomic mass is 9.90. The monoisotopic (exact) mass is 299 g/mol. The Morgan fingerprint density at radius 2 is 1.95 bits per heavy atom. The molecule has 0 aliphatic carbocycles. The number of nitrogens with two attached hydrogens (primary N) is 1. The number of anilines is 1. The number of nitrogen functional groups attached to an aromatic ring is 1. The van der Waals surface area contributed by atoms with Gasteiger partial charge in [0.25, 0.3) is 0 Å². The number of esters is 1. The summed E-state index contributed by atoms with van der Waals surface area (Å²) >= 11 is 1.30. The van der Waals surface area contributed by atoms with Crippen molar-refractivity contribution in [2.24, 2.45) is 5.92 Å². The Hall–Kier alpha value is -1.07. The summed E-state index contributed by atoms with van der Waals surface area (Å²) in [6.07, 6.45) is 0.558. The maximum atomic E-state index is 12.3. The van der Waals surface area contributed by atoms with Gasteiger partial charge < -0.3 is 15.6 Å². The third-order valence-corrected chi connectivity index (χ3v) is 3.97. The van der Waals surface area contributed by atoms with Crippen molar-refractivity contribution >= 4 is 23.0 Å². The van der Waals surface area contributed by atoms with E-state index in [-0.39, 0.29) is 0 Å². The van der Waals surface area contributed by atoms with Crippen molar-refractivity contribution in [3.8, 4) is 0 Å². The molecule has 0 fully saturated rings. The molecule has 5 heteroatoms. The highest BCUT2D eigenvalue weighted by molar-refractivity contribution is 7.11. The van der Waals surface area contributed by atoms with Crippen LogP contribution in [0.3, 0.4) is 0 Å². The van der Waals surface area contributed by atoms with E-state index < -0.39 is 17.2 Å². The molecule has 1 rings (SSSR count). The van der Waals surface area contributed by atoms with Gasteiger partial charge in [-0.3, -0.25) is 0 Å². The molecule has 1 heterocycles. The largest absolute Gasteiger partial charge is 0.456 e. The second-order valence-electron chi connectivity index (χ2n) is 6.77. The molecule has 1 aromatic rings. The van der Waals surface area contributed by atoms with Gasteiger partial charge >= 0.3 is 5.97 Å². The van der Waals surface area contributed by atoms with Gasteiger partial charge in [-0.05, 0) is 40.0 Å². The Morgan fingerprint density at radius 1 is 1.40 bits per heavy atom. The van der Waals surface area contributed by atoms with Gasteiger partial charge in [-0.25, -0.2) is 4.79 Å². The fourth-order valence-corrected chi connectivity index (χ4v) is 3.21. The van der Waals surface area contributed by atoms with Crippen LogP contribution in [-0.2, 0) is 10.3 Å². The van der Waals surface area contributed by atoms with Crippen molar-refractivity contribution in [1.82, 2.24) is 0 Å². The molecular weight excluding hydrogens is 274 g/mol. The van der Waals surface area contributed by atoms with Crippen LogP contribution in [-0.4, -0.2) is 16.7 Å². The van der Waals surface area contributed by atoms with Crippen molar-refractivity contribution in [3.05, 3.63) is 15.8 Å². The van der Waals surface area contributed by atoms with E-state index in [9.17, 15) is 9.90 Å². The van der Waals surface area contributed by atoms with Gasteiger partial charge in [-0.15, -0.1) is 11.3 Å². The molecule has 4 nitrogen and oxygen atoms in total. The molecule has 0 amide bonds. The second-order valence-corrected chi connectivity index (χ2v) is 7.65. The summed E-state index contributed by atoms with van der Waals surface area (Å²) in [7, 11) is 0. The maximum Gasteiger partial charge on any atom is 0.342 e. The van der Waals surface area contributed by atoms with E-state index in [1.165, 1.54) is 11.3 Å². The Labute approximate surface area is 124 Å². The zero-order valence-corrected chi connectivity index (χ0v) is 13.9. The van der Waals surface area contributed by atoms with E-state index in [4.69, 9.17) is 10.5 Å². The summed E-state index contributed by atoms with van der Waals surface area (Å²) in [5.41, 5.74) is 4.88. The minimum atomic E-state index is -1.08. The highest BCUT2D eigenvalue weighted by Gasteiger charge is 2.34. The lowest BCUT2D eigenvalue weighted by Gasteiger charge is -2.26. The smallest absolute Gasteiger partial charge is 0.342 e. The predicted molar refractivity (Wildman–Crippen MR) is 82.9 cm³/mol. The zero-order chi connectivity index (χ0) is 15.7. The molecule has 3 N–H and O–H groups in total. The third kappa shape index (κ3) is 4.21. The van der Waals surface area contributed by atoms with Crippen LogP contribution in [0.5, 0.6) is 0 Å². The van der Waals surface area contributed by atoms with Crippen molar-refractivity contribution in [1.29, 1.82) is 0 Å². The summed E-state index contributed by atoms with van der Waals surface area (Å²) in [6, 6.07) is 0. The SMILES string of the molecule is CC(C)CC(C)(O)c1scc(N)c1C(=O)OC(C)(C)C. The average molecular weight is 299 g/mol. The molecule has 20 heavy (non-hydrogen) atoms. The van der Waals surface area contributed by atoms with Gasteiger partial charge in [0, 0.05) is 5.38 Å². The van der Waals surface area contributed by atoms with Crippen LogP contribution in [0.25, 0.3) is 0 Å². The van der Waals surface area contributed by atoms with Crippen LogP contribution in [0.15, 0.2) is 5.38 Å². The second kappa shape index (κ2) is 5.74. The van der Waals surface area contributed by atoms with E-state index in [0.29, 0.717) is 28.5 Å². The standard InChI is InChI=1S/C15H25NO3S/c1-9(2)7-15(6,18)12-11(10(16)8-20-12)13(17)19-14(3,4)5/h8-9,18H,7,16H2,1-6H3. The molecule has 0 spiro atoms. The fourth-order valence-electron chi connectivity index (χ4n) is 2.19. The Kier molecular flexibility index (Phi) is 4.87. The van der Waals surface area contributed by atoms with Gasteiger partial charge in [0.1, 0.15) is 5.60 Å². The topological polar surface area (TPSA) is 72.5 Å². The molecule has 0 aromatic carbocycles. The summed E-state index contributed by atoms with van der Waals surface area (Å²) in [5.74, 6) is -0.171. The highest BCUT2D eigenvalue weighted by atomic mass is 32.1. The van der Waals surface area contributed by atoms with E-state index in [1.807, 2.05) is 13.8 Å². The molecule has 1 unspecified atom stereocenters. The van der Waals surface area contributed by atoms with Gasteiger partial charge in [0.2, 0.25) is 0 Å². The van der Waals surface area contributed by atoms with E-state index in [1.54, 1.807) is 33.1 Å². The first-order valence-electron chi connectivity index (χ1n) is 6.77. The molecule has 0 saturated heterocycles. The van der Waals surface area contributed by atoms with Crippen LogP contribution in [0, 0.1) is 5.92 Å². The highest BCUT2D eigenvalue weighted by Crippen LogP contribution is 2.38. The lowest BCUT2D eigenvalue weighted by Crippen LogP contribution is -2.28. The van der Waals surface area contributed by atoms with Crippen LogP contribution in [0.2, 0.25) is 0 Å². The molecule has 0 bridgehead atoms. The van der Waals surface area contributed by atoms with E-state index in [0.717, 1.165) is 0 Å². The minimum Gasteiger partial charge on any atom is -0.456 e. The maximum absolute atomic E-state index is 12.3. The quantitative estimate of drug-likeness (QED) is 0.834. The summed E-state index contributed by atoms with van der Waals surface area (Å²) in [4.78, 5) is 12.9. The Balaban J connectivity index is 3.16. The van der Waals surface area contributed by atoms with Crippen molar-refractivity contribution < 1.29 is 14.6 Å². The molecule has 0 radical (unpaired) electrons. The molecule has 0 saturated carbocycles. The van der Waals surface area contributed by atoms with E-state index in [2.05, 4.69) is 0 Å².